The Morgan fingerprint density at radius 3 is 2.44 bits per heavy atom. The van der Waals surface area contributed by atoms with Crippen LogP contribution in [0.5, 0.6) is 5.75 Å². The molecule has 0 saturated heterocycles. The molecule has 0 aromatic heterocycles. The van der Waals surface area contributed by atoms with Crippen molar-refractivity contribution in [2.24, 2.45) is 5.73 Å². The first-order chi connectivity index (χ1) is 8.52. The maximum absolute atomic E-state index is 11.2. The molecule has 0 bridgehead atoms. The predicted octanol–water partition coefficient (Wildman–Crippen LogP) is 1.35. The molecule has 1 aromatic rings. The van der Waals surface area contributed by atoms with Crippen molar-refractivity contribution >= 4 is 11.9 Å². The van der Waals surface area contributed by atoms with Crippen molar-refractivity contribution in [3.63, 3.8) is 0 Å². The summed E-state index contributed by atoms with van der Waals surface area (Å²) in [6, 6.07) is 5.77. The standard InChI is InChI=1S/C13H17NO4/c1-2-3-12(15)18-10-6-4-9(5-7-10)8-11(14)13(16)17/h4-7,11H,2-3,8,14H2,1H3,(H,16,17). The Balaban J connectivity index is 2.57. The highest BCUT2D eigenvalue weighted by Gasteiger charge is 2.12. The number of nitrogens with two attached hydrogens (primary N) is 1. The van der Waals surface area contributed by atoms with E-state index >= 15 is 0 Å². The van der Waals surface area contributed by atoms with Gasteiger partial charge in [0, 0.05) is 6.42 Å². The zero-order valence-electron chi connectivity index (χ0n) is 10.3. The largest absolute Gasteiger partial charge is 0.480 e. The Morgan fingerprint density at radius 2 is 1.94 bits per heavy atom. The third-order valence-electron chi connectivity index (χ3n) is 2.38. The summed E-state index contributed by atoms with van der Waals surface area (Å²) >= 11 is 0. The van der Waals surface area contributed by atoms with E-state index in [1.807, 2.05) is 6.92 Å². The number of esters is 1. The second-order valence-electron chi connectivity index (χ2n) is 4.02. The number of carboxylic acid groups (broad SMARTS) is 1. The highest BCUT2D eigenvalue weighted by atomic mass is 16.5. The summed E-state index contributed by atoms with van der Waals surface area (Å²) in [6.07, 6.45) is 1.37. The topological polar surface area (TPSA) is 89.6 Å². The molecule has 0 heterocycles. The van der Waals surface area contributed by atoms with Gasteiger partial charge in [-0.1, -0.05) is 19.1 Å². The van der Waals surface area contributed by atoms with Gasteiger partial charge in [0.2, 0.25) is 0 Å². The fraction of sp³-hybridized carbons (Fsp3) is 0.385. The highest BCUT2D eigenvalue weighted by Crippen LogP contribution is 2.14. The molecule has 1 rings (SSSR count). The van der Waals surface area contributed by atoms with Gasteiger partial charge in [0.05, 0.1) is 0 Å². The lowest BCUT2D eigenvalue weighted by Gasteiger charge is -2.07. The molecule has 0 radical (unpaired) electrons. The molecule has 5 heteroatoms. The van der Waals surface area contributed by atoms with Gasteiger partial charge in [0.25, 0.3) is 0 Å². The normalized spacial score (nSPS) is 11.9. The zero-order chi connectivity index (χ0) is 13.5. The molecule has 98 valence electrons. The summed E-state index contributed by atoms with van der Waals surface area (Å²) in [5.74, 6) is -0.845. The summed E-state index contributed by atoms with van der Waals surface area (Å²) in [7, 11) is 0. The molecule has 0 amide bonds. The Morgan fingerprint density at radius 1 is 1.33 bits per heavy atom. The smallest absolute Gasteiger partial charge is 0.320 e. The van der Waals surface area contributed by atoms with Gasteiger partial charge in [-0.3, -0.25) is 9.59 Å². The number of rotatable bonds is 6. The van der Waals surface area contributed by atoms with E-state index in [1.165, 1.54) is 0 Å². The van der Waals surface area contributed by atoms with Crippen LogP contribution in [0.25, 0.3) is 0 Å². The average molecular weight is 251 g/mol. The molecule has 0 spiro atoms. The van der Waals surface area contributed by atoms with E-state index in [0.29, 0.717) is 12.2 Å². The quantitative estimate of drug-likeness (QED) is 0.588. The van der Waals surface area contributed by atoms with Crippen LogP contribution in [0.2, 0.25) is 0 Å². The van der Waals surface area contributed by atoms with Gasteiger partial charge in [-0.15, -0.1) is 0 Å². The maximum atomic E-state index is 11.2. The van der Waals surface area contributed by atoms with Crippen molar-refractivity contribution in [2.45, 2.75) is 32.2 Å². The summed E-state index contributed by atoms with van der Waals surface area (Å²) in [4.78, 5) is 21.8. The molecule has 0 aliphatic heterocycles. The second kappa shape index (κ2) is 6.76. The molecule has 3 N–H and O–H groups in total. The molecular weight excluding hydrogens is 234 g/mol. The summed E-state index contributed by atoms with van der Waals surface area (Å²) < 4.78 is 5.08. The van der Waals surface area contributed by atoms with Gasteiger partial charge >= 0.3 is 11.9 Å². The van der Waals surface area contributed by atoms with Gasteiger partial charge in [-0.25, -0.2) is 0 Å². The van der Waals surface area contributed by atoms with Crippen molar-refractivity contribution in [2.75, 3.05) is 0 Å². The van der Waals surface area contributed by atoms with E-state index in [2.05, 4.69) is 0 Å². The lowest BCUT2D eigenvalue weighted by Crippen LogP contribution is -2.32. The van der Waals surface area contributed by atoms with E-state index in [4.69, 9.17) is 15.6 Å². The highest BCUT2D eigenvalue weighted by molar-refractivity contribution is 5.73. The van der Waals surface area contributed by atoms with Crippen LogP contribution in [0.4, 0.5) is 0 Å². The lowest BCUT2D eigenvalue weighted by molar-refractivity contribution is -0.138. The number of hydrogen-bond donors (Lipinski definition) is 2. The Kier molecular flexibility index (Phi) is 5.32. The number of benzene rings is 1. The second-order valence-corrected chi connectivity index (χ2v) is 4.02. The van der Waals surface area contributed by atoms with E-state index < -0.39 is 12.0 Å². The van der Waals surface area contributed by atoms with E-state index in [1.54, 1.807) is 24.3 Å². The summed E-state index contributed by atoms with van der Waals surface area (Å²) in [5.41, 5.74) is 6.21. The van der Waals surface area contributed by atoms with Gasteiger partial charge < -0.3 is 15.6 Å². The number of ether oxygens (including phenoxy) is 1. The van der Waals surface area contributed by atoms with Crippen LogP contribution in [0.15, 0.2) is 24.3 Å². The van der Waals surface area contributed by atoms with Gasteiger partial charge in [0.1, 0.15) is 11.8 Å². The summed E-state index contributed by atoms with van der Waals surface area (Å²) in [5, 5.41) is 8.68. The molecule has 18 heavy (non-hydrogen) atoms. The fourth-order valence-electron chi connectivity index (χ4n) is 1.42. The van der Waals surface area contributed by atoms with Crippen LogP contribution in [-0.4, -0.2) is 23.1 Å². The number of carboxylic acids is 1. The Bertz CT molecular complexity index is 414. The minimum absolute atomic E-state index is 0.249. The fourth-order valence-corrected chi connectivity index (χ4v) is 1.42. The predicted molar refractivity (Wildman–Crippen MR) is 66.3 cm³/mol. The van der Waals surface area contributed by atoms with Gasteiger partial charge in [-0.05, 0) is 30.5 Å². The van der Waals surface area contributed by atoms with E-state index in [0.717, 1.165) is 12.0 Å². The summed E-state index contributed by atoms with van der Waals surface area (Å²) in [6.45, 7) is 1.90. The molecule has 1 aromatic carbocycles. The molecule has 0 aliphatic carbocycles. The van der Waals surface area contributed by atoms with Crippen LogP contribution < -0.4 is 10.5 Å². The zero-order valence-corrected chi connectivity index (χ0v) is 10.3. The van der Waals surface area contributed by atoms with Crippen LogP contribution in [0, 0.1) is 0 Å². The number of hydrogen-bond acceptors (Lipinski definition) is 4. The van der Waals surface area contributed by atoms with Crippen molar-refractivity contribution in [1.82, 2.24) is 0 Å². The molecule has 5 nitrogen and oxygen atoms in total. The van der Waals surface area contributed by atoms with E-state index in [9.17, 15) is 9.59 Å². The van der Waals surface area contributed by atoms with Crippen molar-refractivity contribution in [1.29, 1.82) is 0 Å². The average Bonchev–Trinajstić information content (AvgIpc) is 2.31. The monoisotopic (exact) mass is 251 g/mol. The first-order valence-corrected chi connectivity index (χ1v) is 5.81. The molecule has 1 unspecified atom stereocenters. The Hall–Kier alpha value is -1.88. The van der Waals surface area contributed by atoms with Crippen LogP contribution in [0.3, 0.4) is 0 Å². The van der Waals surface area contributed by atoms with Crippen molar-refractivity contribution in [3.05, 3.63) is 29.8 Å². The number of carbonyl (C=O) groups is 2. The molecule has 0 aliphatic rings. The minimum Gasteiger partial charge on any atom is -0.480 e. The van der Waals surface area contributed by atoms with Gasteiger partial charge in [-0.2, -0.15) is 0 Å². The van der Waals surface area contributed by atoms with Crippen molar-refractivity contribution < 1.29 is 19.4 Å². The van der Waals surface area contributed by atoms with Crippen LogP contribution >= 0.6 is 0 Å². The number of aliphatic carboxylic acids is 1. The molecule has 0 fully saturated rings. The van der Waals surface area contributed by atoms with E-state index in [-0.39, 0.29) is 12.4 Å². The number of carbonyl (C=O) groups excluding carboxylic acids is 1. The van der Waals surface area contributed by atoms with Gasteiger partial charge in [0.15, 0.2) is 0 Å². The van der Waals surface area contributed by atoms with Crippen molar-refractivity contribution in [3.8, 4) is 5.75 Å². The van der Waals surface area contributed by atoms with Crippen LogP contribution in [0.1, 0.15) is 25.3 Å². The Labute approximate surface area is 106 Å². The molecule has 1 atom stereocenters. The first-order valence-electron chi connectivity index (χ1n) is 5.81. The lowest BCUT2D eigenvalue weighted by atomic mass is 10.1. The molecule has 0 saturated carbocycles. The molecular formula is C13H17NO4. The maximum Gasteiger partial charge on any atom is 0.320 e. The van der Waals surface area contributed by atoms with Crippen LogP contribution in [-0.2, 0) is 16.0 Å². The third kappa shape index (κ3) is 4.55. The first kappa shape index (κ1) is 14.2. The third-order valence-corrected chi connectivity index (χ3v) is 2.38. The SMILES string of the molecule is CCCC(=O)Oc1ccc(CC(N)C(=O)O)cc1. The minimum atomic E-state index is -1.03.